The number of aromatic nitrogens is 5. The van der Waals surface area contributed by atoms with Crippen LogP contribution in [0, 0.1) is 13.8 Å². The van der Waals surface area contributed by atoms with E-state index in [0.717, 1.165) is 57.5 Å². The molecule has 4 heterocycles. The van der Waals surface area contributed by atoms with E-state index in [9.17, 15) is 0 Å². The number of allylic oxidation sites excluding steroid dienone is 1. The van der Waals surface area contributed by atoms with Gasteiger partial charge in [-0.1, -0.05) is 0 Å². The van der Waals surface area contributed by atoms with Crippen LogP contribution in [-0.2, 0) is 7.05 Å². The van der Waals surface area contributed by atoms with Crippen LogP contribution in [0.3, 0.4) is 0 Å². The Morgan fingerprint density at radius 3 is 2.59 bits per heavy atom. The van der Waals surface area contributed by atoms with Crippen LogP contribution in [0.15, 0.2) is 42.4 Å². The maximum atomic E-state index is 4.88. The molecule has 1 saturated carbocycles. The molecule has 0 spiro atoms. The summed E-state index contributed by atoms with van der Waals surface area (Å²) in [4.78, 5) is 19.5. The summed E-state index contributed by atoms with van der Waals surface area (Å²) in [5.74, 6) is 1.78. The van der Waals surface area contributed by atoms with Gasteiger partial charge in [-0.2, -0.15) is 0 Å². The second-order valence-electron chi connectivity index (χ2n) is 7.41. The van der Waals surface area contributed by atoms with Crippen molar-refractivity contribution in [3.05, 3.63) is 58.1 Å². The molecule has 7 heteroatoms. The monoisotopic (exact) mass is 402 g/mol. The molecule has 0 atom stereocenters. The van der Waals surface area contributed by atoms with Gasteiger partial charge in [0, 0.05) is 30.9 Å². The minimum absolute atomic E-state index is 0.809. The van der Waals surface area contributed by atoms with E-state index in [4.69, 9.17) is 4.98 Å². The van der Waals surface area contributed by atoms with Gasteiger partial charge >= 0.3 is 0 Å². The van der Waals surface area contributed by atoms with Crippen molar-refractivity contribution in [1.29, 1.82) is 0 Å². The Kier molecular flexibility index (Phi) is 4.39. The van der Waals surface area contributed by atoms with E-state index >= 15 is 0 Å². The van der Waals surface area contributed by atoms with Gasteiger partial charge in [0.1, 0.15) is 11.6 Å². The maximum absolute atomic E-state index is 4.88. The van der Waals surface area contributed by atoms with Crippen molar-refractivity contribution in [2.24, 2.45) is 7.05 Å². The van der Waals surface area contributed by atoms with Gasteiger partial charge in [0.2, 0.25) is 0 Å². The lowest BCUT2D eigenvalue weighted by Crippen LogP contribution is -2.08. The number of pyridine rings is 2. The molecule has 4 aromatic heterocycles. The molecule has 4 aromatic rings. The van der Waals surface area contributed by atoms with Crippen molar-refractivity contribution in [2.75, 3.05) is 5.32 Å². The molecule has 146 valence electrons. The third-order valence-corrected chi connectivity index (χ3v) is 6.42. The summed E-state index contributed by atoms with van der Waals surface area (Å²) in [5, 5.41) is 5.65. The fourth-order valence-corrected chi connectivity index (χ4v) is 4.33. The zero-order chi connectivity index (χ0) is 20.0. The van der Waals surface area contributed by atoms with Crippen LogP contribution in [-0.4, -0.2) is 24.5 Å². The number of aryl methyl sites for hydroxylation is 2. The Bertz CT molecular complexity index is 1240. The topological polar surface area (TPSA) is 68.5 Å². The van der Waals surface area contributed by atoms with E-state index in [-0.39, 0.29) is 0 Å². The van der Waals surface area contributed by atoms with Crippen LogP contribution in [0.5, 0.6) is 0 Å². The van der Waals surface area contributed by atoms with Crippen LogP contribution in [0.2, 0.25) is 0 Å². The number of hydrogen-bond acceptors (Lipinski definition) is 6. The van der Waals surface area contributed by atoms with Crippen molar-refractivity contribution in [3.8, 4) is 11.4 Å². The third-order valence-electron chi connectivity index (χ3n) is 5.49. The highest BCUT2D eigenvalue weighted by Gasteiger charge is 2.18. The Hall–Kier alpha value is -3.06. The van der Waals surface area contributed by atoms with Gasteiger partial charge in [-0.15, -0.1) is 11.3 Å². The molecule has 29 heavy (non-hydrogen) atoms. The van der Waals surface area contributed by atoms with Crippen molar-refractivity contribution in [1.82, 2.24) is 24.5 Å². The van der Waals surface area contributed by atoms with E-state index in [1.165, 1.54) is 16.9 Å². The van der Waals surface area contributed by atoms with E-state index < -0.39 is 0 Å². The average Bonchev–Trinajstić information content (AvgIpc) is 3.25. The quantitative estimate of drug-likeness (QED) is 0.514. The third kappa shape index (κ3) is 3.31. The first-order chi connectivity index (χ1) is 14.1. The molecule has 0 aromatic carbocycles. The Labute approximate surface area is 173 Å². The number of anilines is 1. The second kappa shape index (κ2) is 7.08. The first kappa shape index (κ1) is 18.0. The second-order valence-corrected chi connectivity index (χ2v) is 8.64. The Morgan fingerprint density at radius 2 is 1.93 bits per heavy atom. The van der Waals surface area contributed by atoms with Crippen molar-refractivity contribution in [3.63, 3.8) is 0 Å². The van der Waals surface area contributed by atoms with E-state index in [0.29, 0.717) is 0 Å². The molecule has 6 nitrogen and oxygen atoms in total. The molecule has 5 rings (SSSR count). The standard InChI is InChI=1S/C22H22N6S/c1-13-23-11-19(28(13)3)17-8-7-16-10-25-21(9-18(16)26-17)27-22(15-5-4-6-15)20-12-24-14(2)29-20/h7-12H,4-6H2,1-3H3,(H,25,27). The summed E-state index contributed by atoms with van der Waals surface area (Å²) in [7, 11) is 2.01. The zero-order valence-corrected chi connectivity index (χ0v) is 17.5. The molecule has 1 fully saturated rings. The normalized spacial score (nSPS) is 13.6. The molecule has 0 amide bonds. The van der Waals surface area contributed by atoms with Crippen LogP contribution in [0.1, 0.15) is 35.0 Å². The fourth-order valence-electron chi connectivity index (χ4n) is 3.50. The molecule has 1 N–H and O–H groups in total. The van der Waals surface area contributed by atoms with Crippen molar-refractivity contribution >= 4 is 33.8 Å². The van der Waals surface area contributed by atoms with E-state index in [2.05, 4.69) is 30.9 Å². The summed E-state index contributed by atoms with van der Waals surface area (Å²) >= 11 is 1.72. The number of nitrogens with zero attached hydrogens (tertiary/aromatic N) is 5. The van der Waals surface area contributed by atoms with Crippen LogP contribution in [0.4, 0.5) is 5.82 Å². The fraction of sp³-hybridized carbons (Fsp3) is 0.273. The smallest absolute Gasteiger partial charge is 0.132 e. The number of hydrogen-bond donors (Lipinski definition) is 1. The minimum Gasteiger partial charge on any atom is -0.339 e. The number of imidazole rings is 1. The van der Waals surface area contributed by atoms with Crippen LogP contribution in [0.25, 0.3) is 28.0 Å². The predicted molar refractivity (Wildman–Crippen MR) is 118 cm³/mol. The van der Waals surface area contributed by atoms with Gasteiger partial charge in [0.05, 0.1) is 38.7 Å². The largest absolute Gasteiger partial charge is 0.339 e. The van der Waals surface area contributed by atoms with Crippen molar-refractivity contribution in [2.45, 2.75) is 33.1 Å². The summed E-state index contributed by atoms with van der Waals surface area (Å²) < 4.78 is 2.06. The highest BCUT2D eigenvalue weighted by Crippen LogP contribution is 2.36. The number of thiazole rings is 1. The van der Waals surface area contributed by atoms with Gasteiger partial charge in [0.15, 0.2) is 0 Å². The minimum atomic E-state index is 0.809. The lowest BCUT2D eigenvalue weighted by atomic mass is 9.90. The molecule has 1 aliphatic rings. The lowest BCUT2D eigenvalue weighted by Gasteiger charge is -2.22. The average molecular weight is 403 g/mol. The number of nitrogens with one attached hydrogen (secondary N) is 1. The zero-order valence-electron chi connectivity index (χ0n) is 16.7. The van der Waals surface area contributed by atoms with Crippen LogP contribution >= 0.6 is 11.3 Å². The molecular formula is C22H22N6S. The summed E-state index contributed by atoms with van der Waals surface area (Å²) in [5.41, 5.74) is 5.44. The highest BCUT2D eigenvalue weighted by molar-refractivity contribution is 7.12. The molecule has 0 saturated heterocycles. The summed E-state index contributed by atoms with van der Waals surface area (Å²) in [6, 6.07) is 6.11. The lowest BCUT2D eigenvalue weighted by molar-refractivity contribution is 0.666. The Balaban J connectivity index is 1.52. The van der Waals surface area contributed by atoms with Crippen LogP contribution < -0.4 is 5.32 Å². The molecule has 0 unspecified atom stereocenters. The predicted octanol–water partition coefficient (Wildman–Crippen LogP) is 5.11. The van der Waals surface area contributed by atoms with Gasteiger partial charge in [-0.05, 0) is 50.8 Å². The molecule has 0 bridgehead atoms. The molecule has 1 aliphatic carbocycles. The van der Waals surface area contributed by atoms with Crippen molar-refractivity contribution < 1.29 is 0 Å². The molecular weight excluding hydrogens is 380 g/mol. The summed E-state index contributed by atoms with van der Waals surface area (Å²) in [6.07, 6.45) is 9.22. The number of rotatable bonds is 4. The first-order valence-corrected chi connectivity index (χ1v) is 10.6. The van der Waals surface area contributed by atoms with Gasteiger partial charge in [0.25, 0.3) is 0 Å². The maximum Gasteiger partial charge on any atom is 0.132 e. The first-order valence-electron chi connectivity index (χ1n) is 9.76. The van der Waals surface area contributed by atoms with Gasteiger partial charge in [-0.3, -0.25) is 0 Å². The van der Waals surface area contributed by atoms with Gasteiger partial charge in [-0.25, -0.2) is 19.9 Å². The summed E-state index contributed by atoms with van der Waals surface area (Å²) in [6.45, 7) is 4.03. The van der Waals surface area contributed by atoms with E-state index in [1.54, 1.807) is 11.3 Å². The number of fused-ring (bicyclic) bond motifs is 1. The highest BCUT2D eigenvalue weighted by atomic mass is 32.1. The Morgan fingerprint density at radius 1 is 1.07 bits per heavy atom. The van der Waals surface area contributed by atoms with Gasteiger partial charge < -0.3 is 9.88 Å². The SMILES string of the molecule is Cc1ncc(C(Nc2cc3nc(-c4cnc(C)n4C)ccc3cn2)=C2CCC2)s1. The van der Waals surface area contributed by atoms with E-state index in [1.807, 2.05) is 51.6 Å². The molecule has 0 radical (unpaired) electrons. The molecule has 0 aliphatic heterocycles.